The highest BCUT2D eigenvalue weighted by molar-refractivity contribution is 9.10. The Balaban J connectivity index is 2.13. The van der Waals surface area contributed by atoms with E-state index in [1.165, 1.54) is 0 Å². The Morgan fingerprint density at radius 1 is 1.38 bits per heavy atom. The smallest absolute Gasteiger partial charge is 0.181 e. The topological polar surface area (TPSA) is 18.5 Å². The minimum Gasteiger partial charge on any atom is -0.333 e. The summed E-state index contributed by atoms with van der Waals surface area (Å²) in [6.45, 7) is 1.74. The second-order valence-electron chi connectivity index (χ2n) is 1.47. The molecule has 1 fully saturated rings. The van der Waals surface area contributed by atoms with Gasteiger partial charge in [0.1, 0.15) is 0 Å². The minimum atomic E-state index is -0.553. The van der Waals surface area contributed by atoms with Crippen molar-refractivity contribution in [3.63, 3.8) is 0 Å². The number of halogens is 1. The van der Waals surface area contributed by atoms with Gasteiger partial charge in [0.05, 0.1) is 18.3 Å². The van der Waals surface area contributed by atoms with Crippen molar-refractivity contribution in [1.29, 1.82) is 0 Å². The first-order chi connectivity index (χ1) is 3.93. The fraction of sp³-hybridized carbons (Fsp3) is 1.00. The molecule has 0 aliphatic carbocycles. The largest absolute Gasteiger partial charge is 0.333 e. The maximum atomic E-state index is 5.22. The first kappa shape index (κ1) is 6.94. The summed E-state index contributed by atoms with van der Waals surface area (Å²) in [5.74, 6) is 0. The molecule has 0 amide bonds. The van der Waals surface area contributed by atoms with Crippen molar-refractivity contribution in [1.82, 2.24) is 0 Å². The molecule has 8 heavy (non-hydrogen) atoms. The quantitative estimate of drug-likeness (QED) is 0.475. The van der Waals surface area contributed by atoms with Crippen LogP contribution < -0.4 is 0 Å². The Morgan fingerprint density at radius 2 is 2.00 bits per heavy atom. The number of hydrogen-bond donors (Lipinski definition) is 0. The van der Waals surface area contributed by atoms with Gasteiger partial charge >= 0.3 is 0 Å². The molecule has 48 valence electrons. The van der Waals surface area contributed by atoms with Crippen LogP contribution in [0, 0.1) is 0 Å². The van der Waals surface area contributed by atoms with E-state index in [0.29, 0.717) is 0 Å². The lowest BCUT2D eigenvalue weighted by molar-refractivity contribution is 0.184. The standard InChI is InChI=1S/C4H8BrO2P/c5-4-8-6-2-1-3-7-8/h1-4H2. The molecule has 2 nitrogen and oxygen atoms in total. The van der Waals surface area contributed by atoms with Crippen molar-refractivity contribution in [2.24, 2.45) is 0 Å². The van der Waals surface area contributed by atoms with E-state index < -0.39 is 8.38 Å². The van der Waals surface area contributed by atoms with Gasteiger partial charge < -0.3 is 9.05 Å². The van der Waals surface area contributed by atoms with Crippen LogP contribution in [0.2, 0.25) is 0 Å². The molecule has 0 N–H and O–H groups in total. The summed E-state index contributed by atoms with van der Waals surface area (Å²) in [7, 11) is -0.553. The molecule has 0 unspecified atom stereocenters. The maximum absolute atomic E-state index is 5.22. The molecule has 0 saturated carbocycles. The number of alkyl halides is 1. The predicted molar refractivity (Wildman–Crippen MR) is 37.2 cm³/mol. The first-order valence-corrected chi connectivity index (χ1v) is 5.01. The predicted octanol–water partition coefficient (Wildman–Crippen LogP) is 2.09. The monoisotopic (exact) mass is 198 g/mol. The Hall–Kier alpha value is 0.830. The fourth-order valence-corrected chi connectivity index (χ4v) is 2.24. The van der Waals surface area contributed by atoms with Gasteiger partial charge in [0.25, 0.3) is 0 Å². The van der Waals surface area contributed by atoms with E-state index in [1.807, 2.05) is 0 Å². The second-order valence-corrected chi connectivity index (χ2v) is 4.40. The van der Waals surface area contributed by atoms with E-state index >= 15 is 0 Å². The van der Waals surface area contributed by atoms with Gasteiger partial charge in [-0.25, -0.2) is 0 Å². The van der Waals surface area contributed by atoms with Crippen LogP contribution in [0.15, 0.2) is 0 Å². The van der Waals surface area contributed by atoms with Gasteiger partial charge in [0.2, 0.25) is 0 Å². The van der Waals surface area contributed by atoms with Crippen LogP contribution in [-0.4, -0.2) is 18.3 Å². The molecular weight excluding hydrogens is 191 g/mol. The van der Waals surface area contributed by atoms with Crippen LogP contribution in [0.1, 0.15) is 6.42 Å². The average Bonchev–Trinajstić information content (AvgIpc) is 1.90. The van der Waals surface area contributed by atoms with Gasteiger partial charge in [0, 0.05) is 0 Å². The van der Waals surface area contributed by atoms with Crippen LogP contribution in [0.5, 0.6) is 0 Å². The molecule has 1 saturated heterocycles. The van der Waals surface area contributed by atoms with E-state index in [-0.39, 0.29) is 0 Å². The SMILES string of the molecule is BrCP1OCCCO1. The second kappa shape index (κ2) is 3.78. The minimum absolute atomic E-state index is 0.553. The summed E-state index contributed by atoms with van der Waals surface area (Å²) in [6, 6.07) is 0. The van der Waals surface area contributed by atoms with E-state index in [9.17, 15) is 0 Å². The van der Waals surface area contributed by atoms with Gasteiger partial charge in [0.15, 0.2) is 8.38 Å². The van der Waals surface area contributed by atoms with Gasteiger partial charge in [-0.15, -0.1) is 0 Å². The third-order valence-corrected chi connectivity index (χ3v) is 3.22. The summed E-state index contributed by atoms with van der Waals surface area (Å²) in [5.41, 5.74) is 0. The number of rotatable bonds is 1. The maximum Gasteiger partial charge on any atom is 0.181 e. The van der Waals surface area contributed by atoms with Crippen molar-refractivity contribution in [2.45, 2.75) is 6.42 Å². The Kier molecular flexibility index (Phi) is 3.28. The van der Waals surface area contributed by atoms with Crippen molar-refractivity contribution in [3.8, 4) is 0 Å². The van der Waals surface area contributed by atoms with Crippen LogP contribution >= 0.6 is 24.3 Å². The Labute approximate surface area is 58.6 Å². The lowest BCUT2D eigenvalue weighted by atomic mass is 10.5. The summed E-state index contributed by atoms with van der Waals surface area (Å²) >= 11 is 3.29. The van der Waals surface area contributed by atoms with Crippen molar-refractivity contribution in [3.05, 3.63) is 0 Å². The summed E-state index contributed by atoms with van der Waals surface area (Å²) in [4.78, 5) is 0. The number of hydrogen-bond acceptors (Lipinski definition) is 2. The molecule has 1 aliphatic heterocycles. The zero-order chi connectivity index (χ0) is 5.82. The van der Waals surface area contributed by atoms with Gasteiger partial charge in [-0.2, -0.15) is 0 Å². The van der Waals surface area contributed by atoms with Crippen LogP contribution in [0.25, 0.3) is 0 Å². The summed E-state index contributed by atoms with van der Waals surface area (Å²) in [6.07, 6.45) is 1.05. The van der Waals surface area contributed by atoms with Crippen LogP contribution in [0.4, 0.5) is 0 Å². The molecule has 1 heterocycles. The van der Waals surface area contributed by atoms with Gasteiger partial charge in [-0.1, -0.05) is 15.9 Å². The zero-order valence-electron chi connectivity index (χ0n) is 4.47. The molecule has 0 aromatic carbocycles. The molecule has 0 bridgehead atoms. The molecule has 1 aliphatic rings. The Morgan fingerprint density at radius 3 is 2.38 bits per heavy atom. The average molecular weight is 199 g/mol. The molecule has 1 rings (SSSR count). The normalized spacial score (nSPS) is 23.6. The van der Waals surface area contributed by atoms with Crippen molar-refractivity contribution in [2.75, 3.05) is 18.3 Å². The highest BCUT2D eigenvalue weighted by Gasteiger charge is 2.11. The van der Waals surface area contributed by atoms with E-state index in [2.05, 4.69) is 15.9 Å². The molecule has 0 radical (unpaired) electrons. The van der Waals surface area contributed by atoms with Gasteiger partial charge in [-0.3, -0.25) is 0 Å². The van der Waals surface area contributed by atoms with Crippen LogP contribution in [0.3, 0.4) is 0 Å². The van der Waals surface area contributed by atoms with E-state index in [1.54, 1.807) is 0 Å². The molecule has 0 atom stereocenters. The molecule has 0 aromatic rings. The zero-order valence-corrected chi connectivity index (χ0v) is 6.95. The third-order valence-electron chi connectivity index (χ3n) is 0.857. The van der Waals surface area contributed by atoms with Gasteiger partial charge in [-0.05, 0) is 6.42 Å². The van der Waals surface area contributed by atoms with E-state index in [4.69, 9.17) is 9.05 Å². The van der Waals surface area contributed by atoms with Crippen LogP contribution in [-0.2, 0) is 9.05 Å². The molecule has 4 heteroatoms. The first-order valence-electron chi connectivity index (χ1n) is 2.53. The highest BCUT2D eigenvalue weighted by Crippen LogP contribution is 2.42. The third kappa shape index (κ3) is 1.98. The molecule has 0 aromatic heterocycles. The Bertz CT molecular complexity index is 65.1. The summed E-state index contributed by atoms with van der Waals surface area (Å²) < 4.78 is 10.4. The lowest BCUT2D eigenvalue weighted by Gasteiger charge is -2.19. The summed E-state index contributed by atoms with van der Waals surface area (Å²) in [5, 5.41) is 0.850. The fourth-order valence-electron chi connectivity index (χ4n) is 0.498. The van der Waals surface area contributed by atoms with Crippen molar-refractivity contribution < 1.29 is 9.05 Å². The van der Waals surface area contributed by atoms with Crippen molar-refractivity contribution >= 4 is 24.3 Å². The highest BCUT2D eigenvalue weighted by atomic mass is 79.9. The molecular formula is C4H8BrO2P. The van der Waals surface area contributed by atoms with E-state index in [0.717, 1.165) is 24.7 Å². The lowest BCUT2D eigenvalue weighted by Crippen LogP contribution is -2.04. The molecule has 0 spiro atoms.